The highest BCUT2D eigenvalue weighted by Gasteiger charge is 2.43. The maximum atomic E-state index is 13.1. The molecule has 2 aliphatic rings. The number of hydrogen-bond acceptors (Lipinski definition) is 5. The third kappa shape index (κ3) is 4.41. The van der Waals surface area contributed by atoms with Crippen molar-refractivity contribution in [2.75, 3.05) is 6.54 Å². The van der Waals surface area contributed by atoms with Crippen molar-refractivity contribution in [1.82, 2.24) is 9.62 Å². The van der Waals surface area contributed by atoms with E-state index in [0.717, 1.165) is 10.9 Å². The minimum absolute atomic E-state index is 0.0746. The summed E-state index contributed by atoms with van der Waals surface area (Å²) in [5, 5.41) is 2.83. The Hall–Kier alpha value is -1.45. The molecule has 0 radical (unpaired) electrons. The Bertz CT molecular complexity index is 854. The lowest BCUT2D eigenvalue weighted by Gasteiger charge is -2.40. The fourth-order valence-corrected chi connectivity index (χ4v) is 5.63. The van der Waals surface area contributed by atoms with Crippen molar-refractivity contribution in [3.63, 3.8) is 0 Å². The zero-order valence-corrected chi connectivity index (χ0v) is 18.4. The molecule has 28 heavy (non-hydrogen) atoms. The molecule has 0 bridgehead atoms. The van der Waals surface area contributed by atoms with Crippen molar-refractivity contribution in [2.45, 2.75) is 68.5 Å². The molecule has 3 rings (SSSR count). The Kier molecular flexibility index (Phi) is 6.17. The summed E-state index contributed by atoms with van der Waals surface area (Å²) >= 11 is 3.30. The van der Waals surface area contributed by atoms with E-state index in [9.17, 15) is 18.0 Å². The van der Waals surface area contributed by atoms with Crippen LogP contribution in [0.2, 0.25) is 0 Å². The minimum Gasteiger partial charge on any atom is -0.459 e. The first kappa shape index (κ1) is 21.3. The van der Waals surface area contributed by atoms with Crippen LogP contribution in [0.3, 0.4) is 0 Å². The van der Waals surface area contributed by atoms with Gasteiger partial charge in [0.05, 0.1) is 10.4 Å². The van der Waals surface area contributed by atoms with Crippen molar-refractivity contribution in [3.8, 4) is 0 Å². The molecule has 1 aromatic rings. The van der Waals surface area contributed by atoms with E-state index in [1.807, 2.05) is 0 Å². The van der Waals surface area contributed by atoms with Gasteiger partial charge in [0.25, 0.3) is 0 Å². The van der Waals surface area contributed by atoms with Crippen LogP contribution in [0, 0.1) is 0 Å². The van der Waals surface area contributed by atoms with Gasteiger partial charge in [-0.25, -0.2) is 8.42 Å². The van der Waals surface area contributed by atoms with Gasteiger partial charge in [-0.2, -0.15) is 4.31 Å². The lowest BCUT2D eigenvalue weighted by Crippen LogP contribution is -2.58. The Morgan fingerprint density at radius 3 is 2.54 bits per heavy atom. The lowest BCUT2D eigenvalue weighted by atomic mass is 9.89. The Labute approximate surface area is 174 Å². The summed E-state index contributed by atoms with van der Waals surface area (Å²) in [6.07, 6.45) is 2.11. The second kappa shape index (κ2) is 8.12. The summed E-state index contributed by atoms with van der Waals surface area (Å²) in [6.45, 7) is 3.89. The van der Waals surface area contributed by atoms with Crippen molar-refractivity contribution < 1.29 is 22.7 Å². The normalized spacial score (nSPS) is 25.8. The van der Waals surface area contributed by atoms with Gasteiger partial charge in [-0.3, -0.25) is 9.59 Å². The van der Waals surface area contributed by atoms with Gasteiger partial charge >= 0.3 is 5.97 Å². The molecule has 154 valence electrons. The van der Waals surface area contributed by atoms with Crippen LogP contribution in [0.1, 0.15) is 46.0 Å². The van der Waals surface area contributed by atoms with Crippen LogP contribution in [0.4, 0.5) is 0 Å². The van der Waals surface area contributed by atoms with Crippen molar-refractivity contribution in [1.29, 1.82) is 0 Å². The smallest absolute Gasteiger partial charge is 0.324 e. The summed E-state index contributed by atoms with van der Waals surface area (Å²) < 4.78 is 34.0. The monoisotopic (exact) mass is 472 g/mol. The molecule has 2 fully saturated rings. The van der Waals surface area contributed by atoms with E-state index in [4.69, 9.17) is 4.74 Å². The number of ether oxygens (including phenoxy) is 1. The largest absolute Gasteiger partial charge is 0.459 e. The molecule has 1 aromatic carbocycles. The summed E-state index contributed by atoms with van der Waals surface area (Å²) in [5.74, 6) is -0.621. The molecular formula is C19H25BrN2O5S. The van der Waals surface area contributed by atoms with Crippen LogP contribution in [0.25, 0.3) is 0 Å². The van der Waals surface area contributed by atoms with E-state index in [1.54, 1.807) is 26.0 Å². The number of benzene rings is 1. The number of carbonyl (C=O) groups is 2. The second-order valence-corrected chi connectivity index (χ2v) is 10.6. The number of sulfonamides is 1. The zero-order chi connectivity index (χ0) is 20.5. The zero-order valence-electron chi connectivity index (χ0n) is 16.0. The number of halogens is 1. The van der Waals surface area contributed by atoms with Gasteiger partial charge < -0.3 is 10.1 Å². The molecule has 2 saturated heterocycles. The number of nitrogens with one attached hydrogen (secondary N) is 1. The number of hydrogen-bond donors (Lipinski definition) is 1. The van der Waals surface area contributed by atoms with Crippen LogP contribution < -0.4 is 5.32 Å². The maximum absolute atomic E-state index is 13.1. The molecule has 2 atom stereocenters. The van der Waals surface area contributed by atoms with Crippen LogP contribution in [-0.2, 0) is 24.3 Å². The molecule has 9 heteroatoms. The molecule has 1 N–H and O–H groups in total. The summed E-state index contributed by atoms with van der Waals surface area (Å²) in [6, 6.07) is 5.53. The van der Waals surface area contributed by atoms with Crippen LogP contribution >= 0.6 is 15.9 Å². The first-order valence-electron chi connectivity index (χ1n) is 9.40. The molecule has 2 aliphatic heterocycles. The molecular weight excluding hydrogens is 448 g/mol. The van der Waals surface area contributed by atoms with Gasteiger partial charge in [-0.15, -0.1) is 0 Å². The highest BCUT2D eigenvalue weighted by atomic mass is 79.9. The van der Waals surface area contributed by atoms with Crippen molar-refractivity contribution in [2.24, 2.45) is 0 Å². The number of nitrogens with zero attached hydrogens (tertiary/aromatic N) is 1. The molecule has 2 heterocycles. The lowest BCUT2D eigenvalue weighted by molar-refractivity contribution is -0.162. The molecule has 0 aromatic heterocycles. The van der Waals surface area contributed by atoms with Gasteiger partial charge in [0, 0.05) is 17.4 Å². The van der Waals surface area contributed by atoms with Gasteiger partial charge in [0.15, 0.2) is 0 Å². The molecule has 1 amide bonds. The molecule has 0 saturated carbocycles. The number of rotatable bonds is 4. The fraction of sp³-hybridized carbons (Fsp3) is 0.579. The van der Waals surface area contributed by atoms with Gasteiger partial charge in [-0.05, 0) is 63.8 Å². The SMILES string of the molecule is CC1(C)NC(=O)CCC1OC(=O)C1CCCCN1S(=O)(=O)c1ccc(Br)cc1. The second-order valence-electron chi connectivity index (χ2n) is 7.82. The predicted octanol–water partition coefficient (Wildman–Crippen LogP) is 2.59. The number of amides is 1. The first-order valence-corrected chi connectivity index (χ1v) is 11.6. The van der Waals surface area contributed by atoms with E-state index in [2.05, 4.69) is 21.2 Å². The Morgan fingerprint density at radius 1 is 1.21 bits per heavy atom. The quantitative estimate of drug-likeness (QED) is 0.679. The molecule has 0 spiro atoms. The van der Waals surface area contributed by atoms with E-state index in [1.165, 1.54) is 16.4 Å². The number of esters is 1. The summed E-state index contributed by atoms with van der Waals surface area (Å²) in [4.78, 5) is 24.7. The van der Waals surface area contributed by atoms with Crippen LogP contribution in [0.15, 0.2) is 33.6 Å². The highest BCUT2D eigenvalue weighted by molar-refractivity contribution is 9.10. The van der Waals surface area contributed by atoms with Gasteiger partial charge in [0.1, 0.15) is 12.1 Å². The predicted molar refractivity (Wildman–Crippen MR) is 107 cm³/mol. The Balaban J connectivity index is 1.80. The minimum atomic E-state index is -3.81. The third-order valence-corrected chi connectivity index (χ3v) is 7.76. The van der Waals surface area contributed by atoms with Crippen LogP contribution in [0.5, 0.6) is 0 Å². The Morgan fingerprint density at radius 2 is 1.89 bits per heavy atom. The van der Waals surface area contributed by atoms with E-state index in [0.29, 0.717) is 19.3 Å². The number of piperidine rings is 2. The summed E-state index contributed by atoms with van der Waals surface area (Å²) in [7, 11) is -3.81. The van der Waals surface area contributed by atoms with E-state index < -0.39 is 33.7 Å². The fourth-order valence-electron chi connectivity index (χ4n) is 3.72. The van der Waals surface area contributed by atoms with E-state index in [-0.39, 0.29) is 23.8 Å². The first-order chi connectivity index (χ1) is 13.1. The molecule has 2 unspecified atom stereocenters. The average molecular weight is 473 g/mol. The van der Waals surface area contributed by atoms with Crippen LogP contribution in [-0.4, -0.2) is 48.8 Å². The van der Waals surface area contributed by atoms with E-state index >= 15 is 0 Å². The maximum Gasteiger partial charge on any atom is 0.324 e. The average Bonchev–Trinajstić information content (AvgIpc) is 2.64. The number of carbonyl (C=O) groups excluding carboxylic acids is 2. The molecule has 7 nitrogen and oxygen atoms in total. The van der Waals surface area contributed by atoms with Gasteiger partial charge in [0.2, 0.25) is 15.9 Å². The third-order valence-electron chi connectivity index (χ3n) is 5.30. The topological polar surface area (TPSA) is 92.8 Å². The van der Waals surface area contributed by atoms with Crippen molar-refractivity contribution in [3.05, 3.63) is 28.7 Å². The standard InChI is InChI=1S/C19H25BrN2O5S/c1-19(2)16(10-11-17(23)21-19)27-18(24)15-5-3-4-12-22(15)28(25,26)14-8-6-13(20)7-9-14/h6-9,15-16H,3-5,10-12H2,1-2H3,(H,21,23). The summed E-state index contributed by atoms with van der Waals surface area (Å²) in [5.41, 5.74) is -0.685. The highest BCUT2D eigenvalue weighted by Crippen LogP contribution is 2.29. The van der Waals surface area contributed by atoms with Gasteiger partial charge in [-0.1, -0.05) is 15.9 Å². The van der Waals surface area contributed by atoms with Crippen molar-refractivity contribution >= 4 is 37.8 Å². The molecule has 0 aliphatic carbocycles.